The molecule has 2 unspecified atom stereocenters. The predicted molar refractivity (Wildman–Crippen MR) is 59.7 cm³/mol. The minimum absolute atomic E-state index is 0.0262. The third kappa shape index (κ3) is 3.64. The molecule has 3 heteroatoms. The number of carbonyl (C=O) groups is 1. The molecule has 0 aromatic heterocycles. The Morgan fingerprint density at radius 2 is 2.20 bits per heavy atom. The third-order valence-corrected chi connectivity index (χ3v) is 2.65. The summed E-state index contributed by atoms with van der Waals surface area (Å²) in [7, 11) is 0. The van der Waals surface area contributed by atoms with Crippen molar-refractivity contribution in [2.75, 3.05) is 0 Å². The summed E-state index contributed by atoms with van der Waals surface area (Å²) < 4.78 is 0. The van der Waals surface area contributed by atoms with E-state index in [0.717, 1.165) is 6.42 Å². The molecule has 0 aliphatic heterocycles. The zero-order valence-electron chi connectivity index (χ0n) is 9.63. The molecule has 3 nitrogen and oxygen atoms in total. The Bertz CT molecular complexity index is 298. The lowest BCUT2D eigenvalue weighted by Gasteiger charge is -2.22. The van der Waals surface area contributed by atoms with E-state index < -0.39 is 5.41 Å². The molecule has 1 amide bonds. The van der Waals surface area contributed by atoms with E-state index in [1.807, 2.05) is 19.9 Å². The lowest BCUT2D eigenvalue weighted by atomic mass is 9.88. The number of nitrogens with zero attached hydrogens (tertiary/aromatic N) is 1. The van der Waals surface area contributed by atoms with Gasteiger partial charge in [0.25, 0.3) is 0 Å². The van der Waals surface area contributed by atoms with Crippen LogP contribution in [0.4, 0.5) is 0 Å². The maximum atomic E-state index is 11.8. The van der Waals surface area contributed by atoms with Crippen LogP contribution in [0.5, 0.6) is 0 Å². The van der Waals surface area contributed by atoms with Gasteiger partial charge in [-0.3, -0.25) is 4.79 Å². The Morgan fingerprint density at radius 1 is 1.60 bits per heavy atom. The molecule has 0 heterocycles. The molecule has 0 bridgehead atoms. The second-order valence-corrected chi connectivity index (χ2v) is 3.78. The number of nitriles is 1. The van der Waals surface area contributed by atoms with Gasteiger partial charge < -0.3 is 5.32 Å². The van der Waals surface area contributed by atoms with Crippen LogP contribution < -0.4 is 5.32 Å². The predicted octanol–water partition coefficient (Wildman–Crippen LogP) is 1.84. The summed E-state index contributed by atoms with van der Waals surface area (Å²) in [5.74, 6) is 2.29. The topological polar surface area (TPSA) is 52.9 Å². The molecule has 1 N–H and O–H groups in total. The van der Waals surface area contributed by atoms with Gasteiger partial charge >= 0.3 is 0 Å². The van der Waals surface area contributed by atoms with E-state index in [0.29, 0.717) is 12.8 Å². The molecule has 0 aliphatic rings. The van der Waals surface area contributed by atoms with Crippen molar-refractivity contribution in [3.05, 3.63) is 0 Å². The number of nitrogens with one attached hydrogen (secondary N) is 1. The zero-order chi connectivity index (χ0) is 11.9. The molecule has 0 spiro atoms. The van der Waals surface area contributed by atoms with Gasteiger partial charge in [-0.2, -0.15) is 5.26 Å². The first-order valence-corrected chi connectivity index (χ1v) is 5.19. The molecule has 15 heavy (non-hydrogen) atoms. The molecule has 0 aromatic carbocycles. The van der Waals surface area contributed by atoms with Crippen LogP contribution in [0.1, 0.15) is 40.0 Å². The van der Waals surface area contributed by atoms with E-state index in [1.165, 1.54) is 0 Å². The van der Waals surface area contributed by atoms with Gasteiger partial charge in [-0.15, -0.1) is 12.3 Å². The molecular weight excluding hydrogens is 188 g/mol. The number of terminal acetylenes is 1. The summed E-state index contributed by atoms with van der Waals surface area (Å²) in [5, 5.41) is 11.7. The molecule has 2 atom stereocenters. The smallest absolute Gasteiger partial charge is 0.240 e. The van der Waals surface area contributed by atoms with Crippen LogP contribution in [-0.4, -0.2) is 11.9 Å². The summed E-state index contributed by atoms with van der Waals surface area (Å²) in [6, 6.07) is 2.01. The van der Waals surface area contributed by atoms with Gasteiger partial charge in [-0.1, -0.05) is 13.8 Å². The SMILES string of the molecule is C#CCC(CC)NC(=O)C(C)(C#N)CC. The number of rotatable bonds is 5. The molecule has 0 aliphatic carbocycles. The van der Waals surface area contributed by atoms with Gasteiger partial charge in [0.05, 0.1) is 6.07 Å². The first kappa shape index (κ1) is 13.5. The van der Waals surface area contributed by atoms with Crippen molar-refractivity contribution in [1.82, 2.24) is 5.32 Å². The third-order valence-electron chi connectivity index (χ3n) is 2.65. The monoisotopic (exact) mass is 206 g/mol. The lowest BCUT2D eigenvalue weighted by molar-refractivity contribution is -0.128. The quantitative estimate of drug-likeness (QED) is 0.698. The summed E-state index contributed by atoms with van der Waals surface area (Å²) in [6.45, 7) is 5.42. The Hall–Kier alpha value is -1.48. The molecular formula is C12H18N2O. The Labute approximate surface area is 91.9 Å². The van der Waals surface area contributed by atoms with Gasteiger partial charge in [0.15, 0.2) is 0 Å². The average Bonchev–Trinajstić information content (AvgIpc) is 2.27. The first-order chi connectivity index (χ1) is 7.03. The minimum Gasteiger partial charge on any atom is -0.351 e. The van der Waals surface area contributed by atoms with E-state index in [4.69, 9.17) is 11.7 Å². The number of carbonyl (C=O) groups excluding carboxylic acids is 1. The Morgan fingerprint density at radius 3 is 2.53 bits per heavy atom. The fourth-order valence-electron chi connectivity index (χ4n) is 1.07. The van der Waals surface area contributed by atoms with Crippen LogP contribution >= 0.6 is 0 Å². The van der Waals surface area contributed by atoms with Crippen LogP contribution in [0.3, 0.4) is 0 Å². The highest BCUT2D eigenvalue weighted by Crippen LogP contribution is 2.20. The summed E-state index contributed by atoms with van der Waals surface area (Å²) >= 11 is 0. The van der Waals surface area contributed by atoms with Crippen molar-refractivity contribution in [2.45, 2.75) is 46.1 Å². The van der Waals surface area contributed by atoms with Gasteiger partial charge in [-0.25, -0.2) is 0 Å². The maximum Gasteiger partial charge on any atom is 0.240 e. The summed E-state index contributed by atoms with van der Waals surface area (Å²) in [5.41, 5.74) is -0.942. The molecule has 0 rings (SSSR count). The first-order valence-electron chi connectivity index (χ1n) is 5.19. The Balaban J connectivity index is 4.48. The van der Waals surface area contributed by atoms with Crippen molar-refractivity contribution in [2.24, 2.45) is 5.41 Å². The van der Waals surface area contributed by atoms with Crippen molar-refractivity contribution in [3.8, 4) is 18.4 Å². The average molecular weight is 206 g/mol. The van der Waals surface area contributed by atoms with Gasteiger partial charge in [0.1, 0.15) is 5.41 Å². The van der Waals surface area contributed by atoms with E-state index in [1.54, 1.807) is 6.92 Å². The summed E-state index contributed by atoms with van der Waals surface area (Å²) in [4.78, 5) is 11.8. The number of hydrogen-bond donors (Lipinski definition) is 1. The van der Waals surface area contributed by atoms with Crippen LogP contribution in [0.15, 0.2) is 0 Å². The highest BCUT2D eigenvalue weighted by atomic mass is 16.2. The van der Waals surface area contributed by atoms with Crippen LogP contribution in [-0.2, 0) is 4.79 Å². The van der Waals surface area contributed by atoms with E-state index in [-0.39, 0.29) is 11.9 Å². The van der Waals surface area contributed by atoms with Gasteiger partial charge in [-0.05, 0) is 19.8 Å². The molecule has 0 radical (unpaired) electrons. The lowest BCUT2D eigenvalue weighted by Crippen LogP contribution is -2.43. The van der Waals surface area contributed by atoms with E-state index in [9.17, 15) is 4.79 Å². The largest absolute Gasteiger partial charge is 0.351 e. The molecule has 0 saturated carbocycles. The Kier molecular flexibility index (Phi) is 5.49. The van der Waals surface area contributed by atoms with Crippen molar-refractivity contribution in [1.29, 1.82) is 5.26 Å². The van der Waals surface area contributed by atoms with Gasteiger partial charge in [0.2, 0.25) is 5.91 Å². The van der Waals surface area contributed by atoms with Crippen molar-refractivity contribution < 1.29 is 4.79 Å². The standard InChI is InChI=1S/C12H18N2O/c1-5-8-10(6-2)14-11(15)12(4,7-3)9-13/h1,10H,6-8H2,2-4H3,(H,14,15). The van der Waals surface area contributed by atoms with Crippen LogP contribution in [0.25, 0.3) is 0 Å². The fraction of sp³-hybridized carbons (Fsp3) is 0.667. The second-order valence-electron chi connectivity index (χ2n) is 3.78. The normalized spacial score (nSPS) is 15.5. The fourth-order valence-corrected chi connectivity index (χ4v) is 1.07. The van der Waals surface area contributed by atoms with E-state index in [2.05, 4.69) is 11.2 Å². The zero-order valence-corrected chi connectivity index (χ0v) is 9.63. The highest BCUT2D eigenvalue weighted by Gasteiger charge is 2.32. The maximum absolute atomic E-state index is 11.8. The van der Waals surface area contributed by atoms with Crippen LogP contribution in [0.2, 0.25) is 0 Å². The summed E-state index contributed by atoms with van der Waals surface area (Å²) in [6.07, 6.45) is 6.98. The van der Waals surface area contributed by atoms with Crippen molar-refractivity contribution in [3.63, 3.8) is 0 Å². The molecule has 82 valence electrons. The molecule has 0 saturated heterocycles. The molecule has 0 fully saturated rings. The minimum atomic E-state index is -0.942. The van der Waals surface area contributed by atoms with Gasteiger partial charge in [0, 0.05) is 12.5 Å². The number of hydrogen-bond acceptors (Lipinski definition) is 2. The number of amides is 1. The molecule has 0 aromatic rings. The van der Waals surface area contributed by atoms with Crippen LogP contribution in [0, 0.1) is 29.1 Å². The second kappa shape index (κ2) is 6.09. The van der Waals surface area contributed by atoms with Crippen molar-refractivity contribution >= 4 is 5.91 Å². The highest BCUT2D eigenvalue weighted by molar-refractivity contribution is 5.85. The van der Waals surface area contributed by atoms with E-state index >= 15 is 0 Å².